The molecule has 0 aliphatic heterocycles. The number of rotatable bonds is 2. The molecule has 0 bridgehead atoms. The molecule has 0 atom stereocenters. The number of phenolic OH excluding ortho intramolecular Hbond substituents is 1. The van der Waals surface area contributed by atoms with Crippen molar-refractivity contribution in [2.24, 2.45) is 0 Å². The van der Waals surface area contributed by atoms with E-state index in [1.165, 1.54) is 0 Å². The fraction of sp³-hybridized carbons (Fsp3) is 0.235. The lowest BCUT2D eigenvalue weighted by molar-refractivity contribution is 0.470. The van der Waals surface area contributed by atoms with Gasteiger partial charge in [-0.2, -0.15) is 0 Å². The first-order valence-electron chi connectivity index (χ1n) is 6.91. The summed E-state index contributed by atoms with van der Waals surface area (Å²) in [5, 5.41) is 10.9. The topological polar surface area (TPSA) is 50.4 Å². The van der Waals surface area contributed by atoms with Gasteiger partial charge < -0.3 is 9.52 Å². The van der Waals surface area contributed by atoms with Crippen LogP contribution in [0.5, 0.6) is 5.75 Å². The molecule has 0 spiro atoms. The highest BCUT2D eigenvalue weighted by molar-refractivity contribution is 6.07. The molecule has 0 saturated carbocycles. The number of fused-ring (bicyclic) bond motifs is 3. The zero-order chi connectivity index (χ0) is 15.1. The van der Waals surface area contributed by atoms with Gasteiger partial charge >= 0.3 is 5.63 Å². The molecular formula is C17H15FO3. The molecule has 0 aliphatic carbocycles. The Kier molecular flexibility index (Phi) is 3.16. The van der Waals surface area contributed by atoms with Crippen LogP contribution in [0.2, 0.25) is 0 Å². The van der Waals surface area contributed by atoms with E-state index >= 15 is 0 Å². The van der Waals surface area contributed by atoms with E-state index in [0.717, 1.165) is 6.42 Å². The summed E-state index contributed by atoms with van der Waals surface area (Å²) >= 11 is 0. The van der Waals surface area contributed by atoms with Crippen LogP contribution in [0.4, 0.5) is 4.39 Å². The van der Waals surface area contributed by atoms with Gasteiger partial charge in [-0.15, -0.1) is 0 Å². The largest absolute Gasteiger partial charge is 0.507 e. The lowest BCUT2D eigenvalue weighted by Gasteiger charge is -2.13. The van der Waals surface area contributed by atoms with E-state index in [0.29, 0.717) is 28.5 Å². The molecule has 1 heterocycles. The van der Waals surface area contributed by atoms with E-state index < -0.39 is 11.4 Å². The Morgan fingerprint density at radius 3 is 2.67 bits per heavy atom. The third kappa shape index (κ3) is 1.90. The van der Waals surface area contributed by atoms with E-state index in [1.54, 1.807) is 31.2 Å². The second-order valence-corrected chi connectivity index (χ2v) is 5.15. The predicted octanol–water partition coefficient (Wildman–Crippen LogP) is 4.05. The minimum Gasteiger partial charge on any atom is -0.507 e. The first-order valence-corrected chi connectivity index (χ1v) is 6.91. The van der Waals surface area contributed by atoms with Crippen LogP contribution in [0.3, 0.4) is 0 Å². The van der Waals surface area contributed by atoms with Crippen LogP contribution in [0.1, 0.15) is 24.5 Å². The molecule has 3 aromatic rings. The second-order valence-electron chi connectivity index (χ2n) is 5.15. The van der Waals surface area contributed by atoms with Crippen molar-refractivity contribution in [1.82, 2.24) is 0 Å². The summed E-state index contributed by atoms with van der Waals surface area (Å²) in [5.41, 5.74) is 0.466. The van der Waals surface area contributed by atoms with Gasteiger partial charge in [0.2, 0.25) is 0 Å². The third-order valence-electron chi connectivity index (χ3n) is 3.84. The number of aromatic hydroxyl groups is 1. The molecule has 1 aromatic heterocycles. The number of hydrogen-bond donors (Lipinski definition) is 1. The molecule has 108 valence electrons. The molecule has 0 aliphatic rings. The van der Waals surface area contributed by atoms with Gasteiger partial charge in [0.1, 0.15) is 22.5 Å². The molecule has 3 rings (SSSR count). The first kappa shape index (κ1) is 13.6. The Morgan fingerprint density at radius 2 is 1.95 bits per heavy atom. The highest BCUT2D eigenvalue weighted by atomic mass is 19.1. The van der Waals surface area contributed by atoms with Crippen LogP contribution >= 0.6 is 0 Å². The smallest absolute Gasteiger partial charge is 0.348 e. The summed E-state index contributed by atoms with van der Waals surface area (Å²) in [7, 11) is 0. The summed E-state index contributed by atoms with van der Waals surface area (Å²) in [5.74, 6) is -0.624. The van der Waals surface area contributed by atoms with Crippen molar-refractivity contribution in [2.45, 2.75) is 26.7 Å². The van der Waals surface area contributed by atoms with E-state index in [-0.39, 0.29) is 16.5 Å². The van der Waals surface area contributed by atoms with Crippen molar-refractivity contribution >= 4 is 21.7 Å². The molecule has 2 aromatic carbocycles. The first-order chi connectivity index (χ1) is 10.1. The Bertz CT molecular complexity index is 909. The number of para-hydroxylation sites is 1. The molecule has 4 heteroatoms. The summed E-state index contributed by atoms with van der Waals surface area (Å²) in [4.78, 5) is 12.1. The highest BCUT2D eigenvalue weighted by Gasteiger charge is 2.21. The minimum atomic E-state index is -0.716. The van der Waals surface area contributed by atoms with Crippen LogP contribution in [0.25, 0.3) is 21.7 Å². The van der Waals surface area contributed by atoms with Gasteiger partial charge in [0.25, 0.3) is 0 Å². The molecule has 0 unspecified atom stereocenters. The lowest BCUT2D eigenvalue weighted by atomic mass is 9.95. The van der Waals surface area contributed by atoms with E-state index in [9.17, 15) is 14.3 Å². The van der Waals surface area contributed by atoms with Gasteiger partial charge in [-0.1, -0.05) is 31.5 Å². The number of benzene rings is 2. The van der Waals surface area contributed by atoms with Gasteiger partial charge in [-0.3, -0.25) is 0 Å². The fourth-order valence-corrected chi connectivity index (χ4v) is 2.79. The maximum Gasteiger partial charge on any atom is 0.348 e. The Morgan fingerprint density at radius 1 is 1.24 bits per heavy atom. The third-order valence-corrected chi connectivity index (χ3v) is 3.84. The van der Waals surface area contributed by atoms with E-state index in [4.69, 9.17) is 4.42 Å². The molecule has 1 N–H and O–H groups in total. The van der Waals surface area contributed by atoms with Crippen LogP contribution < -0.4 is 5.63 Å². The van der Waals surface area contributed by atoms with Crippen LogP contribution in [0.15, 0.2) is 33.5 Å². The average molecular weight is 286 g/mol. The van der Waals surface area contributed by atoms with Gasteiger partial charge in [-0.25, -0.2) is 9.18 Å². The normalized spacial score (nSPS) is 11.4. The van der Waals surface area contributed by atoms with Gasteiger partial charge in [0.15, 0.2) is 0 Å². The Balaban J connectivity index is 2.63. The van der Waals surface area contributed by atoms with Crippen molar-refractivity contribution in [3.63, 3.8) is 0 Å². The second kappa shape index (κ2) is 4.88. The molecule has 21 heavy (non-hydrogen) atoms. The van der Waals surface area contributed by atoms with Gasteiger partial charge in [0.05, 0.1) is 0 Å². The average Bonchev–Trinajstić information content (AvgIpc) is 2.48. The zero-order valence-electron chi connectivity index (χ0n) is 11.9. The van der Waals surface area contributed by atoms with E-state index in [1.807, 2.05) is 6.92 Å². The number of halogens is 1. The quantitative estimate of drug-likeness (QED) is 0.571. The van der Waals surface area contributed by atoms with Crippen LogP contribution in [-0.2, 0) is 6.42 Å². The number of hydrogen-bond acceptors (Lipinski definition) is 3. The Hall–Kier alpha value is -2.36. The summed E-state index contributed by atoms with van der Waals surface area (Å²) in [6, 6.07) is 6.77. The molecule has 0 radical (unpaired) electrons. The van der Waals surface area contributed by atoms with Crippen molar-refractivity contribution in [1.29, 1.82) is 0 Å². The summed E-state index contributed by atoms with van der Waals surface area (Å²) in [6.07, 6.45) is 1.26. The molecule has 0 saturated heterocycles. The Labute approximate surface area is 120 Å². The van der Waals surface area contributed by atoms with Gasteiger partial charge in [0, 0.05) is 10.8 Å². The van der Waals surface area contributed by atoms with Crippen molar-refractivity contribution in [3.05, 3.63) is 51.6 Å². The minimum absolute atomic E-state index is 0.0800. The van der Waals surface area contributed by atoms with Crippen molar-refractivity contribution < 1.29 is 13.9 Å². The number of phenols is 1. The molecular weight excluding hydrogens is 271 g/mol. The summed E-state index contributed by atoms with van der Waals surface area (Å²) < 4.78 is 20.1. The summed E-state index contributed by atoms with van der Waals surface area (Å²) in [6.45, 7) is 3.56. The SMILES string of the molecule is CCCc1c(C)c(O)c2c(=O)oc3ccccc3c2c1F. The van der Waals surface area contributed by atoms with E-state index in [2.05, 4.69) is 0 Å². The molecule has 3 nitrogen and oxygen atoms in total. The standard InChI is InChI=1S/C17H15FO3/c1-3-6-10-9(2)16(19)14-13(15(10)18)11-7-4-5-8-12(11)21-17(14)20/h4-5,7-8,19H,3,6H2,1-2H3. The molecule has 0 fully saturated rings. The lowest BCUT2D eigenvalue weighted by Crippen LogP contribution is -2.06. The predicted molar refractivity (Wildman–Crippen MR) is 80.3 cm³/mol. The highest BCUT2D eigenvalue weighted by Crippen LogP contribution is 2.36. The molecule has 0 amide bonds. The van der Waals surface area contributed by atoms with Crippen molar-refractivity contribution in [2.75, 3.05) is 0 Å². The fourth-order valence-electron chi connectivity index (χ4n) is 2.79. The monoisotopic (exact) mass is 286 g/mol. The van der Waals surface area contributed by atoms with Crippen molar-refractivity contribution in [3.8, 4) is 5.75 Å². The van der Waals surface area contributed by atoms with Gasteiger partial charge in [-0.05, 0) is 30.5 Å². The maximum atomic E-state index is 14.9. The maximum absolute atomic E-state index is 14.9. The zero-order valence-corrected chi connectivity index (χ0v) is 11.9. The van der Waals surface area contributed by atoms with Crippen LogP contribution in [-0.4, -0.2) is 5.11 Å². The van der Waals surface area contributed by atoms with Crippen LogP contribution in [0, 0.1) is 12.7 Å².